The van der Waals surface area contributed by atoms with Crippen LogP contribution in [0, 0.1) is 0 Å². The van der Waals surface area contributed by atoms with Crippen molar-refractivity contribution in [1.82, 2.24) is 29.9 Å². The summed E-state index contributed by atoms with van der Waals surface area (Å²) in [6.07, 6.45) is 10.5. The van der Waals surface area contributed by atoms with Gasteiger partial charge in [0.2, 0.25) is 0 Å². The molecule has 0 fully saturated rings. The molecule has 2 unspecified atom stereocenters. The minimum Gasteiger partial charge on any atom is -0.490 e. The Morgan fingerprint density at radius 2 is 0.805 bits per heavy atom. The highest BCUT2D eigenvalue weighted by Crippen LogP contribution is 2.43. The van der Waals surface area contributed by atoms with Crippen molar-refractivity contribution in [2.75, 3.05) is 26.9 Å². The number of aliphatic hydroxyl groups is 1. The molecule has 0 aliphatic rings. The number of methoxy groups -OCH3 is 1. The van der Waals surface area contributed by atoms with Crippen LogP contribution in [0.2, 0.25) is 15.1 Å². The number of nitrogens with one attached hydrogen (secondary N) is 3. The third kappa shape index (κ3) is 15.2. The molecule has 0 spiro atoms. The lowest BCUT2D eigenvalue weighted by Crippen LogP contribution is -2.08. The molecular formula is C70H65Cl3N6O8. The van der Waals surface area contributed by atoms with E-state index in [0.717, 1.165) is 90.0 Å². The van der Waals surface area contributed by atoms with Crippen molar-refractivity contribution in [3.8, 4) is 34.5 Å². The Labute approximate surface area is 519 Å². The van der Waals surface area contributed by atoms with E-state index >= 15 is 0 Å². The number of ether oxygens (including phenoxy) is 7. The summed E-state index contributed by atoms with van der Waals surface area (Å²) in [5.74, 6) is 4.00. The molecule has 12 aromatic rings. The quantitative estimate of drug-likeness (QED) is 0.0509. The summed E-state index contributed by atoms with van der Waals surface area (Å²) in [6.45, 7) is 8.62. The Morgan fingerprint density at radius 3 is 1.30 bits per heavy atom. The summed E-state index contributed by atoms with van der Waals surface area (Å²) >= 11 is 17.9. The molecular weight excluding hydrogens is 1160 g/mol. The number of hydrogen-bond acceptors (Lipinski definition) is 11. The van der Waals surface area contributed by atoms with Crippen molar-refractivity contribution < 1.29 is 38.3 Å². The van der Waals surface area contributed by atoms with Crippen molar-refractivity contribution in [1.29, 1.82) is 0 Å². The molecule has 14 nitrogen and oxygen atoms in total. The van der Waals surface area contributed by atoms with Gasteiger partial charge >= 0.3 is 0 Å². The van der Waals surface area contributed by atoms with E-state index in [0.29, 0.717) is 83.3 Å². The van der Waals surface area contributed by atoms with Crippen LogP contribution >= 0.6 is 34.8 Å². The first-order valence-electron chi connectivity index (χ1n) is 28.5. The molecule has 0 saturated heterocycles. The van der Waals surface area contributed by atoms with Crippen LogP contribution in [-0.2, 0) is 31.0 Å². The fourth-order valence-electron chi connectivity index (χ4n) is 10.0. The number of benzene rings is 6. The summed E-state index contributed by atoms with van der Waals surface area (Å²) in [5, 5.41) is 16.2. The molecule has 6 heterocycles. The van der Waals surface area contributed by atoms with Gasteiger partial charge in [-0.25, -0.2) is 15.0 Å². The number of para-hydroxylation sites is 3. The molecule has 6 aromatic heterocycles. The van der Waals surface area contributed by atoms with Gasteiger partial charge in [-0.3, -0.25) is 0 Å². The van der Waals surface area contributed by atoms with Crippen LogP contribution in [0.1, 0.15) is 83.1 Å². The van der Waals surface area contributed by atoms with Crippen LogP contribution < -0.4 is 28.4 Å². The Balaban J connectivity index is 0.000000145. The average Bonchev–Trinajstić information content (AvgIpc) is 3.54. The molecule has 0 radical (unpaired) electrons. The number of aliphatic hydroxyl groups excluding tert-OH is 1. The van der Waals surface area contributed by atoms with Gasteiger partial charge in [0.1, 0.15) is 49.0 Å². The van der Waals surface area contributed by atoms with Crippen molar-refractivity contribution >= 4 is 67.9 Å². The van der Waals surface area contributed by atoms with E-state index in [9.17, 15) is 5.11 Å². The third-order valence-electron chi connectivity index (χ3n) is 14.1. The predicted octanol–water partition coefficient (Wildman–Crippen LogP) is 17.0. The first kappa shape index (κ1) is 61.1. The second-order valence-corrected chi connectivity index (χ2v) is 21.1. The molecule has 0 saturated carbocycles. The lowest BCUT2D eigenvalue weighted by Gasteiger charge is -2.21. The van der Waals surface area contributed by atoms with Gasteiger partial charge < -0.3 is 53.2 Å². The zero-order valence-corrected chi connectivity index (χ0v) is 50.7. The van der Waals surface area contributed by atoms with Crippen molar-refractivity contribution in [2.45, 2.75) is 59.2 Å². The van der Waals surface area contributed by atoms with E-state index in [1.165, 1.54) is 5.56 Å². The maximum absolute atomic E-state index is 11.1. The fraction of sp³-hybridized carbons (Fsp3) is 0.186. The van der Waals surface area contributed by atoms with Gasteiger partial charge in [-0.15, -0.1) is 0 Å². The highest BCUT2D eigenvalue weighted by atomic mass is 35.5. The molecule has 0 aliphatic carbocycles. The molecule has 444 valence electrons. The molecule has 0 aliphatic heterocycles. The van der Waals surface area contributed by atoms with Gasteiger partial charge in [0.15, 0.2) is 34.5 Å². The monoisotopic (exact) mass is 1220 g/mol. The normalized spacial score (nSPS) is 11.7. The molecule has 6 aromatic carbocycles. The van der Waals surface area contributed by atoms with Crippen molar-refractivity contribution in [3.63, 3.8) is 0 Å². The van der Waals surface area contributed by atoms with Crippen LogP contribution in [0.5, 0.6) is 34.5 Å². The highest BCUT2D eigenvalue weighted by Gasteiger charge is 2.25. The largest absolute Gasteiger partial charge is 0.490 e. The molecule has 0 amide bonds. The SMILES string of the molecule is CCOc1c(Cc2c[nH]c3ncccc23)cccc1OCc1ccc(Cl)cc1.CCOc1c(OCc2ccc(Cl)cc2)cccc1C(O)c1c[nH]c2ncccc12.CCOc1c(OCc2ccc(Cl)cc2)cccc1C(OC)c1c[nH]c2ncccc12. The van der Waals surface area contributed by atoms with Gasteiger partial charge in [-0.2, -0.15) is 0 Å². The average molecular weight is 1220 g/mol. The van der Waals surface area contributed by atoms with E-state index in [-0.39, 0.29) is 6.10 Å². The Hall–Kier alpha value is -9.02. The minimum atomic E-state index is -0.881. The van der Waals surface area contributed by atoms with E-state index in [1.807, 2.05) is 185 Å². The van der Waals surface area contributed by atoms with Crippen LogP contribution in [0.15, 0.2) is 201 Å². The summed E-state index contributed by atoms with van der Waals surface area (Å²) in [4.78, 5) is 22.6. The summed E-state index contributed by atoms with van der Waals surface area (Å²) < 4.78 is 42.0. The van der Waals surface area contributed by atoms with Crippen LogP contribution in [0.3, 0.4) is 0 Å². The number of nitrogens with zero attached hydrogens (tertiary/aromatic N) is 3. The van der Waals surface area contributed by atoms with Crippen molar-refractivity contribution in [3.05, 3.63) is 266 Å². The number of hydrogen-bond donors (Lipinski definition) is 4. The number of aromatic nitrogens is 6. The highest BCUT2D eigenvalue weighted by molar-refractivity contribution is 6.31. The second-order valence-electron chi connectivity index (χ2n) is 19.8. The Morgan fingerprint density at radius 1 is 0.402 bits per heavy atom. The van der Waals surface area contributed by atoms with Crippen LogP contribution in [-0.4, -0.2) is 61.9 Å². The molecule has 0 bridgehead atoms. The number of pyridine rings is 3. The number of H-pyrrole nitrogens is 3. The summed E-state index contributed by atoms with van der Waals surface area (Å²) in [6, 6.07) is 51.9. The lowest BCUT2D eigenvalue weighted by atomic mass is 10.00. The number of rotatable bonds is 22. The molecule has 2 atom stereocenters. The second kappa shape index (κ2) is 29.9. The molecule has 12 rings (SSSR count). The fourth-order valence-corrected chi connectivity index (χ4v) is 10.4. The van der Waals surface area contributed by atoms with Gasteiger partial charge in [0.05, 0.1) is 19.8 Å². The zero-order valence-electron chi connectivity index (χ0n) is 48.4. The Kier molecular flexibility index (Phi) is 21.0. The third-order valence-corrected chi connectivity index (χ3v) is 14.9. The van der Waals surface area contributed by atoms with Gasteiger partial charge in [-0.05, 0) is 134 Å². The number of aromatic amines is 3. The lowest BCUT2D eigenvalue weighted by molar-refractivity contribution is 0.133. The first-order chi connectivity index (χ1) is 42.6. The Bertz CT molecular complexity index is 4160. The topological polar surface area (TPSA) is 171 Å². The smallest absolute Gasteiger partial charge is 0.167 e. The van der Waals surface area contributed by atoms with E-state index < -0.39 is 6.10 Å². The van der Waals surface area contributed by atoms with Gasteiger partial charge in [-0.1, -0.05) is 108 Å². The standard InChI is InChI=1S/C24H23ClN2O3.C23H21ClN2O3.C23H21ClN2O2/c1-3-29-23-19(22(28-2)20-14-27-24-18(20)7-5-13-26-24)6-4-8-21(23)30-15-16-9-11-17(25)12-10-16;1-2-28-22-18(21(27)19-13-26-23-17(19)6-4-12-25-23)5-3-7-20(22)29-14-15-8-10-16(24)11-9-15;1-2-27-22-17(13-18-14-26-23-20(18)6-4-12-25-23)5-3-7-21(22)28-15-16-8-10-19(24)11-9-16/h4-14,22H,3,15H2,1-2H3,(H,26,27);3-13,21,27H,2,14H2,1H3,(H,25,26);3-12,14H,2,13,15H2,1H3,(H,25,26). The van der Waals surface area contributed by atoms with Gasteiger partial charge in [0, 0.05) is 110 Å². The maximum atomic E-state index is 11.1. The van der Waals surface area contributed by atoms with E-state index in [4.69, 9.17) is 68.0 Å². The van der Waals surface area contributed by atoms with Crippen LogP contribution in [0.4, 0.5) is 0 Å². The number of fused-ring (bicyclic) bond motifs is 3. The van der Waals surface area contributed by atoms with Crippen molar-refractivity contribution in [2.24, 2.45) is 0 Å². The molecule has 17 heteroatoms. The minimum absolute atomic E-state index is 0.330. The maximum Gasteiger partial charge on any atom is 0.167 e. The molecule has 4 N–H and O–H groups in total. The molecule has 87 heavy (non-hydrogen) atoms. The summed E-state index contributed by atoms with van der Waals surface area (Å²) in [5.41, 5.74) is 11.1. The summed E-state index contributed by atoms with van der Waals surface area (Å²) in [7, 11) is 1.69. The van der Waals surface area contributed by atoms with E-state index in [2.05, 4.69) is 42.0 Å². The van der Waals surface area contributed by atoms with E-state index in [1.54, 1.807) is 31.9 Å². The van der Waals surface area contributed by atoms with Crippen LogP contribution in [0.25, 0.3) is 33.1 Å². The predicted molar refractivity (Wildman–Crippen MR) is 344 cm³/mol. The first-order valence-corrected chi connectivity index (χ1v) is 29.6. The zero-order chi connectivity index (χ0) is 60.5. The number of halogens is 3. The van der Waals surface area contributed by atoms with Gasteiger partial charge in [0.25, 0.3) is 0 Å².